The predicted molar refractivity (Wildman–Crippen MR) is 62.2 cm³/mol. The highest BCUT2D eigenvalue weighted by Gasteiger charge is 2.08. The molecular formula is C12H18N2O. The SMILES string of the molecule is CCC(=O)N(CC)Cc1ccc(N)cc1. The molecule has 0 spiro atoms. The summed E-state index contributed by atoms with van der Waals surface area (Å²) in [6, 6.07) is 7.64. The number of hydrogen-bond acceptors (Lipinski definition) is 2. The average molecular weight is 206 g/mol. The van der Waals surface area contributed by atoms with Gasteiger partial charge >= 0.3 is 0 Å². The van der Waals surface area contributed by atoms with Gasteiger partial charge in [0, 0.05) is 25.2 Å². The maximum Gasteiger partial charge on any atom is 0.222 e. The van der Waals surface area contributed by atoms with E-state index in [0.29, 0.717) is 13.0 Å². The van der Waals surface area contributed by atoms with Crippen molar-refractivity contribution in [3.8, 4) is 0 Å². The van der Waals surface area contributed by atoms with Gasteiger partial charge in [0.25, 0.3) is 0 Å². The van der Waals surface area contributed by atoms with E-state index >= 15 is 0 Å². The number of hydrogen-bond donors (Lipinski definition) is 1. The standard InChI is InChI=1S/C12H18N2O/c1-3-12(15)14(4-2)9-10-5-7-11(13)8-6-10/h5-8H,3-4,9,13H2,1-2H3. The summed E-state index contributed by atoms with van der Waals surface area (Å²) >= 11 is 0. The maximum atomic E-state index is 11.5. The second-order valence-corrected chi connectivity index (χ2v) is 3.50. The van der Waals surface area contributed by atoms with E-state index in [-0.39, 0.29) is 5.91 Å². The third-order valence-corrected chi connectivity index (χ3v) is 2.39. The van der Waals surface area contributed by atoms with Gasteiger partial charge in [-0.25, -0.2) is 0 Å². The van der Waals surface area contributed by atoms with Gasteiger partial charge in [-0.2, -0.15) is 0 Å². The number of nitrogens with two attached hydrogens (primary N) is 1. The molecule has 0 unspecified atom stereocenters. The van der Waals surface area contributed by atoms with Gasteiger partial charge in [0.1, 0.15) is 0 Å². The van der Waals surface area contributed by atoms with E-state index in [1.54, 1.807) is 0 Å². The zero-order valence-electron chi connectivity index (χ0n) is 9.36. The molecule has 0 atom stereocenters. The Kier molecular flexibility index (Phi) is 4.16. The van der Waals surface area contributed by atoms with Crippen LogP contribution in [0.4, 0.5) is 5.69 Å². The van der Waals surface area contributed by atoms with Gasteiger partial charge in [0.2, 0.25) is 5.91 Å². The summed E-state index contributed by atoms with van der Waals surface area (Å²) in [5, 5.41) is 0. The Morgan fingerprint density at radius 2 is 1.87 bits per heavy atom. The summed E-state index contributed by atoms with van der Waals surface area (Å²) in [4.78, 5) is 13.4. The summed E-state index contributed by atoms with van der Waals surface area (Å²) in [7, 11) is 0. The average Bonchev–Trinajstić information content (AvgIpc) is 2.27. The Morgan fingerprint density at radius 1 is 1.27 bits per heavy atom. The van der Waals surface area contributed by atoms with Crippen LogP contribution in [0, 0.1) is 0 Å². The molecule has 1 amide bonds. The van der Waals surface area contributed by atoms with E-state index in [4.69, 9.17) is 5.73 Å². The van der Waals surface area contributed by atoms with E-state index < -0.39 is 0 Å². The number of anilines is 1. The monoisotopic (exact) mass is 206 g/mol. The molecular weight excluding hydrogens is 188 g/mol. The number of carbonyl (C=O) groups is 1. The summed E-state index contributed by atoms with van der Waals surface area (Å²) in [6.45, 7) is 5.29. The lowest BCUT2D eigenvalue weighted by atomic mass is 10.2. The van der Waals surface area contributed by atoms with Crippen molar-refractivity contribution in [3.63, 3.8) is 0 Å². The second-order valence-electron chi connectivity index (χ2n) is 3.50. The van der Waals surface area contributed by atoms with Crippen molar-refractivity contribution < 1.29 is 4.79 Å². The van der Waals surface area contributed by atoms with Gasteiger partial charge in [-0.3, -0.25) is 4.79 Å². The van der Waals surface area contributed by atoms with Crippen molar-refractivity contribution in [1.29, 1.82) is 0 Å². The van der Waals surface area contributed by atoms with E-state index in [9.17, 15) is 4.79 Å². The first-order valence-corrected chi connectivity index (χ1v) is 5.29. The van der Waals surface area contributed by atoms with Gasteiger partial charge in [0.15, 0.2) is 0 Å². The van der Waals surface area contributed by atoms with Crippen LogP contribution < -0.4 is 5.73 Å². The third kappa shape index (κ3) is 3.27. The highest BCUT2D eigenvalue weighted by molar-refractivity contribution is 5.75. The van der Waals surface area contributed by atoms with Crippen LogP contribution in [0.25, 0.3) is 0 Å². The normalized spacial score (nSPS) is 10.0. The first kappa shape index (κ1) is 11.6. The third-order valence-electron chi connectivity index (χ3n) is 2.39. The van der Waals surface area contributed by atoms with Crippen LogP contribution in [0.2, 0.25) is 0 Å². The molecule has 0 aliphatic rings. The molecule has 82 valence electrons. The summed E-state index contributed by atoms with van der Waals surface area (Å²) in [5.74, 6) is 0.189. The minimum Gasteiger partial charge on any atom is -0.399 e. The Hall–Kier alpha value is -1.51. The van der Waals surface area contributed by atoms with Crippen molar-refractivity contribution in [3.05, 3.63) is 29.8 Å². The maximum absolute atomic E-state index is 11.5. The largest absolute Gasteiger partial charge is 0.399 e. The topological polar surface area (TPSA) is 46.3 Å². The number of carbonyl (C=O) groups excluding carboxylic acids is 1. The lowest BCUT2D eigenvalue weighted by molar-refractivity contribution is -0.131. The highest BCUT2D eigenvalue weighted by Crippen LogP contribution is 2.09. The van der Waals surface area contributed by atoms with E-state index in [2.05, 4.69) is 0 Å². The molecule has 0 aliphatic heterocycles. The van der Waals surface area contributed by atoms with Crippen LogP contribution in [-0.4, -0.2) is 17.4 Å². The molecule has 2 N–H and O–H groups in total. The fraction of sp³-hybridized carbons (Fsp3) is 0.417. The van der Waals surface area contributed by atoms with Gasteiger partial charge in [-0.1, -0.05) is 19.1 Å². The molecule has 0 aliphatic carbocycles. The Bertz CT molecular complexity index is 319. The smallest absolute Gasteiger partial charge is 0.222 e. The zero-order valence-corrected chi connectivity index (χ0v) is 9.36. The number of benzene rings is 1. The number of amides is 1. The number of nitrogens with zero attached hydrogens (tertiary/aromatic N) is 1. The summed E-state index contributed by atoms with van der Waals surface area (Å²) in [6.07, 6.45) is 0.558. The second kappa shape index (κ2) is 5.39. The minimum atomic E-state index is 0.189. The van der Waals surface area contributed by atoms with Crippen molar-refractivity contribution in [1.82, 2.24) is 4.90 Å². The minimum absolute atomic E-state index is 0.189. The van der Waals surface area contributed by atoms with Crippen LogP contribution in [0.1, 0.15) is 25.8 Å². The first-order valence-electron chi connectivity index (χ1n) is 5.29. The van der Waals surface area contributed by atoms with Crippen LogP contribution in [0.3, 0.4) is 0 Å². The Morgan fingerprint density at radius 3 is 2.33 bits per heavy atom. The number of rotatable bonds is 4. The van der Waals surface area contributed by atoms with E-state index in [0.717, 1.165) is 17.8 Å². The summed E-state index contributed by atoms with van der Waals surface area (Å²) in [5.41, 5.74) is 7.47. The molecule has 0 fully saturated rings. The molecule has 0 heterocycles. The van der Waals surface area contributed by atoms with Gasteiger partial charge in [-0.05, 0) is 24.6 Å². The zero-order chi connectivity index (χ0) is 11.3. The lowest BCUT2D eigenvalue weighted by Gasteiger charge is -2.20. The fourth-order valence-electron chi connectivity index (χ4n) is 1.44. The van der Waals surface area contributed by atoms with E-state index in [1.807, 2.05) is 43.0 Å². The fourth-order valence-corrected chi connectivity index (χ4v) is 1.44. The molecule has 1 aromatic rings. The molecule has 0 saturated carbocycles. The van der Waals surface area contributed by atoms with Crippen LogP contribution >= 0.6 is 0 Å². The lowest BCUT2D eigenvalue weighted by Crippen LogP contribution is -2.29. The van der Waals surface area contributed by atoms with Gasteiger partial charge in [0.05, 0.1) is 0 Å². The molecule has 1 aromatic carbocycles. The predicted octanol–water partition coefficient (Wildman–Crippen LogP) is 2.03. The Balaban J connectivity index is 2.66. The highest BCUT2D eigenvalue weighted by atomic mass is 16.2. The van der Waals surface area contributed by atoms with Crippen LogP contribution in [-0.2, 0) is 11.3 Å². The molecule has 0 radical (unpaired) electrons. The van der Waals surface area contributed by atoms with Crippen LogP contribution in [0.15, 0.2) is 24.3 Å². The quantitative estimate of drug-likeness (QED) is 0.766. The molecule has 0 bridgehead atoms. The summed E-state index contributed by atoms with van der Waals surface area (Å²) < 4.78 is 0. The van der Waals surface area contributed by atoms with Crippen LogP contribution in [0.5, 0.6) is 0 Å². The molecule has 15 heavy (non-hydrogen) atoms. The van der Waals surface area contributed by atoms with Crippen molar-refractivity contribution in [2.24, 2.45) is 0 Å². The van der Waals surface area contributed by atoms with E-state index in [1.165, 1.54) is 0 Å². The molecule has 3 nitrogen and oxygen atoms in total. The molecule has 0 saturated heterocycles. The van der Waals surface area contributed by atoms with Crippen molar-refractivity contribution in [2.45, 2.75) is 26.8 Å². The molecule has 0 aromatic heterocycles. The molecule has 3 heteroatoms. The van der Waals surface area contributed by atoms with Crippen molar-refractivity contribution >= 4 is 11.6 Å². The Labute approximate surface area is 90.9 Å². The van der Waals surface area contributed by atoms with Crippen molar-refractivity contribution in [2.75, 3.05) is 12.3 Å². The molecule has 1 rings (SSSR count). The number of nitrogen functional groups attached to an aromatic ring is 1. The van der Waals surface area contributed by atoms with Gasteiger partial charge in [-0.15, -0.1) is 0 Å². The van der Waals surface area contributed by atoms with Gasteiger partial charge < -0.3 is 10.6 Å². The first-order chi connectivity index (χ1) is 7.17.